The minimum atomic E-state index is 0.687. The van der Waals surface area contributed by atoms with Gasteiger partial charge in [-0.15, -0.1) is 0 Å². The highest BCUT2D eigenvalue weighted by atomic mass is 15.2. The Morgan fingerprint density at radius 3 is 3.11 bits per heavy atom. The smallest absolute Gasteiger partial charge is 0.160 e. The number of aromatic nitrogens is 4. The lowest BCUT2D eigenvalue weighted by molar-refractivity contribution is 0.361. The van der Waals surface area contributed by atoms with E-state index >= 15 is 0 Å². The van der Waals surface area contributed by atoms with Crippen LogP contribution in [0.1, 0.15) is 32.1 Å². The van der Waals surface area contributed by atoms with Crippen LogP contribution >= 0.6 is 0 Å². The highest BCUT2D eigenvalue weighted by Gasteiger charge is 2.36. The van der Waals surface area contributed by atoms with Gasteiger partial charge in [-0.25, -0.2) is 9.97 Å². The second kappa shape index (κ2) is 3.93. The van der Waals surface area contributed by atoms with Crippen molar-refractivity contribution in [3.63, 3.8) is 0 Å². The summed E-state index contributed by atoms with van der Waals surface area (Å²) in [6.45, 7) is 1.12. The molecule has 0 spiro atoms. The monoisotopic (exact) mass is 243 g/mol. The molecular formula is C13H17N5. The first-order valence-corrected chi connectivity index (χ1v) is 6.84. The molecule has 1 N–H and O–H groups in total. The van der Waals surface area contributed by atoms with Crippen LogP contribution in [0.5, 0.6) is 0 Å². The third-order valence-corrected chi connectivity index (χ3v) is 4.49. The van der Waals surface area contributed by atoms with Gasteiger partial charge in [-0.1, -0.05) is 6.42 Å². The molecule has 18 heavy (non-hydrogen) atoms. The SMILES string of the molecule is c1nc(N2CCC[C@H]3CCC[C@@H]32)c2cn[nH]c2n1. The van der Waals surface area contributed by atoms with Crippen molar-refractivity contribution in [2.24, 2.45) is 5.92 Å². The number of fused-ring (bicyclic) bond motifs is 2. The molecule has 0 bridgehead atoms. The topological polar surface area (TPSA) is 57.7 Å². The zero-order chi connectivity index (χ0) is 11.9. The fourth-order valence-corrected chi connectivity index (χ4v) is 3.70. The van der Waals surface area contributed by atoms with Crippen molar-refractivity contribution >= 4 is 16.9 Å². The molecule has 0 unspecified atom stereocenters. The molecule has 0 radical (unpaired) electrons. The van der Waals surface area contributed by atoms with Crippen molar-refractivity contribution in [2.75, 3.05) is 11.4 Å². The molecule has 2 aliphatic rings. The molecular weight excluding hydrogens is 226 g/mol. The van der Waals surface area contributed by atoms with Crippen LogP contribution < -0.4 is 4.90 Å². The van der Waals surface area contributed by atoms with Gasteiger partial charge in [0.2, 0.25) is 0 Å². The molecule has 5 nitrogen and oxygen atoms in total. The van der Waals surface area contributed by atoms with Crippen LogP contribution in [0, 0.1) is 5.92 Å². The average molecular weight is 243 g/mol. The van der Waals surface area contributed by atoms with Gasteiger partial charge in [0, 0.05) is 12.6 Å². The van der Waals surface area contributed by atoms with Gasteiger partial charge in [0.25, 0.3) is 0 Å². The van der Waals surface area contributed by atoms with Gasteiger partial charge in [-0.2, -0.15) is 5.10 Å². The van der Waals surface area contributed by atoms with Gasteiger partial charge in [-0.05, 0) is 31.6 Å². The van der Waals surface area contributed by atoms with Crippen LogP contribution in [0.25, 0.3) is 11.0 Å². The predicted octanol–water partition coefficient (Wildman–Crippen LogP) is 2.12. The summed E-state index contributed by atoms with van der Waals surface area (Å²) in [5.41, 5.74) is 0.847. The molecule has 3 heterocycles. The Morgan fingerprint density at radius 1 is 1.17 bits per heavy atom. The predicted molar refractivity (Wildman–Crippen MR) is 69.4 cm³/mol. The molecule has 2 fully saturated rings. The summed E-state index contributed by atoms with van der Waals surface area (Å²) in [6, 6.07) is 0.687. The largest absolute Gasteiger partial charge is 0.353 e. The molecule has 1 aliphatic carbocycles. The molecule has 4 rings (SSSR count). The zero-order valence-electron chi connectivity index (χ0n) is 10.3. The van der Waals surface area contributed by atoms with Crippen molar-refractivity contribution in [1.82, 2.24) is 20.2 Å². The van der Waals surface area contributed by atoms with Crippen LogP contribution in [0.15, 0.2) is 12.5 Å². The van der Waals surface area contributed by atoms with Crippen LogP contribution in [0.2, 0.25) is 0 Å². The zero-order valence-corrected chi connectivity index (χ0v) is 10.3. The number of anilines is 1. The third-order valence-electron chi connectivity index (χ3n) is 4.49. The molecule has 0 aromatic carbocycles. The summed E-state index contributed by atoms with van der Waals surface area (Å²) in [5, 5.41) is 8.08. The lowest BCUT2D eigenvalue weighted by Crippen LogP contribution is -2.43. The number of nitrogens with zero attached hydrogens (tertiary/aromatic N) is 4. The first-order valence-electron chi connectivity index (χ1n) is 6.84. The van der Waals surface area contributed by atoms with E-state index in [0.717, 1.165) is 29.3 Å². The van der Waals surface area contributed by atoms with E-state index in [1.807, 2.05) is 6.20 Å². The van der Waals surface area contributed by atoms with Gasteiger partial charge in [0.05, 0.1) is 11.6 Å². The van der Waals surface area contributed by atoms with E-state index in [1.54, 1.807) is 6.33 Å². The molecule has 1 saturated carbocycles. The molecule has 0 amide bonds. The van der Waals surface area contributed by atoms with E-state index in [-0.39, 0.29) is 0 Å². The standard InChI is InChI=1S/C13H17N5/c1-3-9-4-2-6-18(11(9)5-1)13-10-7-16-17-12(10)14-8-15-13/h7-9,11H,1-6H2,(H,14,15,16,17)/t9-,11+/m1/s1. The fraction of sp³-hybridized carbons (Fsp3) is 0.615. The number of aromatic amines is 1. The Labute approximate surface area is 106 Å². The molecule has 94 valence electrons. The maximum Gasteiger partial charge on any atom is 0.160 e. The quantitative estimate of drug-likeness (QED) is 0.833. The Morgan fingerprint density at radius 2 is 2.11 bits per heavy atom. The normalized spacial score (nSPS) is 27.7. The van der Waals surface area contributed by atoms with Gasteiger partial charge in [0.1, 0.15) is 12.1 Å². The lowest BCUT2D eigenvalue weighted by Gasteiger charge is -2.38. The van der Waals surface area contributed by atoms with Crippen LogP contribution in [0.4, 0.5) is 5.82 Å². The second-order valence-corrected chi connectivity index (χ2v) is 5.42. The Hall–Kier alpha value is -1.65. The Bertz CT molecular complexity index is 563. The molecule has 5 heteroatoms. The number of piperidine rings is 1. The number of H-pyrrole nitrogens is 1. The maximum absolute atomic E-state index is 4.52. The van der Waals surface area contributed by atoms with Crippen molar-refractivity contribution in [3.8, 4) is 0 Å². The highest BCUT2D eigenvalue weighted by Crippen LogP contribution is 2.39. The van der Waals surface area contributed by atoms with E-state index in [9.17, 15) is 0 Å². The fourth-order valence-electron chi connectivity index (χ4n) is 3.70. The molecule has 1 saturated heterocycles. The van der Waals surface area contributed by atoms with E-state index in [0.29, 0.717) is 6.04 Å². The first-order chi connectivity index (χ1) is 8.93. The van der Waals surface area contributed by atoms with E-state index in [4.69, 9.17) is 0 Å². The number of hydrogen-bond acceptors (Lipinski definition) is 4. The minimum Gasteiger partial charge on any atom is -0.353 e. The minimum absolute atomic E-state index is 0.687. The van der Waals surface area contributed by atoms with Gasteiger partial charge in [-0.3, -0.25) is 5.10 Å². The van der Waals surface area contributed by atoms with E-state index in [1.165, 1.54) is 32.1 Å². The molecule has 2 aromatic heterocycles. The summed E-state index contributed by atoms with van der Waals surface area (Å²) in [5.74, 6) is 1.95. The average Bonchev–Trinajstić information content (AvgIpc) is 3.06. The number of hydrogen-bond donors (Lipinski definition) is 1. The highest BCUT2D eigenvalue weighted by molar-refractivity contribution is 5.86. The van der Waals surface area contributed by atoms with Gasteiger partial charge < -0.3 is 4.90 Å². The summed E-state index contributed by atoms with van der Waals surface area (Å²) < 4.78 is 0. The number of rotatable bonds is 1. The first kappa shape index (κ1) is 10.3. The van der Waals surface area contributed by atoms with Crippen LogP contribution in [-0.4, -0.2) is 32.8 Å². The van der Waals surface area contributed by atoms with Crippen molar-refractivity contribution < 1.29 is 0 Å². The van der Waals surface area contributed by atoms with Gasteiger partial charge in [0.15, 0.2) is 5.65 Å². The second-order valence-electron chi connectivity index (χ2n) is 5.42. The Kier molecular flexibility index (Phi) is 2.25. The van der Waals surface area contributed by atoms with Crippen LogP contribution in [-0.2, 0) is 0 Å². The van der Waals surface area contributed by atoms with E-state index < -0.39 is 0 Å². The third kappa shape index (κ3) is 1.43. The number of nitrogens with one attached hydrogen (secondary N) is 1. The molecule has 1 aliphatic heterocycles. The summed E-state index contributed by atoms with van der Waals surface area (Å²) in [6.07, 6.45) is 10.2. The Balaban J connectivity index is 1.79. The summed E-state index contributed by atoms with van der Waals surface area (Å²) in [7, 11) is 0. The van der Waals surface area contributed by atoms with Crippen molar-refractivity contribution in [1.29, 1.82) is 0 Å². The summed E-state index contributed by atoms with van der Waals surface area (Å²) >= 11 is 0. The maximum atomic E-state index is 4.52. The molecule has 2 atom stereocenters. The van der Waals surface area contributed by atoms with Crippen molar-refractivity contribution in [2.45, 2.75) is 38.1 Å². The van der Waals surface area contributed by atoms with E-state index in [2.05, 4.69) is 25.1 Å². The van der Waals surface area contributed by atoms with Crippen LogP contribution in [0.3, 0.4) is 0 Å². The van der Waals surface area contributed by atoms with Crippen molar-refractivity contribution in [3.05, 3.63) is 12.5 Å². The molecule has 2 aromatic rings. The lowest BCUT2D eigenvalue weighted by atomic mass is 9.92. The summed E-state index contributed by atoms with van der Waals surface area (Å²) in [4.78, 5) is 11.2. The van der Waals surface area contributed by atoms with Gasteiger partial charge >= 0.3 is 0 Å².